The van der Waals surface area contributed by atoms with Crippen LogP contribution in [0.1, 0.15) is 18.4 Å². The van der Waals surface area contributed by atoms with Crippen molar-refractivity contribution in [1.29, 1.82) is 0 Å². The van der Waals surface area contributed by atoms with Gasteiger partial charge < -0.3 is 14.8 Å². The first-order valence-electron chi connectivity index (χ1n) is 6.27. The number of anilines is 1. The molecule has 19 heavy (non-hydrogen) atoms. The molecule has 1 heterocycles. The second-order valence-corrected chi connectivity index (χ2v) is 4.44. The van der Waals surface area contributed by atoms with Crippen LogP contribution in [0.3, 0.4) is 0 Å². The van der Waals surface area contributed by atoms with Crippen LogP contribution in [0.4, 0.5) is 5.69 Å². The number of esters is 1. The van der Waals surface area contributed by atoms with E-state index in [1.54, 1.807) is 24.3 Å². The van der Waals surface area contributed by atoms with Crippen LogP contribution in [0.25, 0.3) is 0 Å². The van der Waals surface area contributed by atoms with Crippen LogP contribution in [0, 0.1) is 0 Å². The van der Waals surface area contributed by atoms with Crippen LogP contribution < -0.4 is 5.32 Å². The maximum Gasteiger partial charge on any atom is 0.309 e. The highest BCUT2D eigenvalue weighted by Gasteiger charge is 2.23. The topological polar surface area (TPSA) is 64.6 Å². The molecule has 5 heteroatoms. The molecule has 1 atom stereocenters. The molecule has 5 nitrogen and oxygen atoms in total. The zero-order chi connectivity index (χ0) is 13.7. The Morgan fingerprint density at radius 3 is 2.68 bits per heavy atom. The number of nitrogens with one attached hydrogen (secondary N) is 1. The minimum atomic E-state index is -0.338. The summed E-state index contributed by atoms with van der Waals surface area (Å²) in [6.07, 6.45) is 1.59. The van der Waals surface area contributed by atoms with Crippen molar-refractivity contribution >= 4 is 17.6 Å². The molecule has 0 radical (unpaired) electrons. The Balaban J connectivity index is 1.91. The Morgan fingerprint density at radius 2 is 2.11 bits per heavy atom. The number of carbonyl (C=O) groups is 2. The third kappa shape index (κ3) is 3.79. The number of hydrogen-bond acceptors (Lipinski definition) is 4. The largest absolute Gasteiger partial charge is 0.469 e. The van der Waals surface area contributed by atoms with Crippen molar-refractivity contribution in [2.24, 2.45) is 0 Å². The molecule has 0 aliphatic carbocycles. The Hall–Kier alpha value is -1.88. The number of ether oxygens (including phenoxy) is 2. The average Bonchev–Trinajstić information content (AvgIpc) is 2.95. The summed E-state index contributed by atoms with van der Waals surface area (Å²) in [5.74, 6) is -0.394. The van der Waals surface area contributed by atoms with Gasteiger partial charge in [0, 0.05) is 12.3 Å². The minimum absolute atomic E-state index is 0.113. The molecule has 1 unspecified atom stereocenters. The molecular formula is C14H17NO4. The summed E-state index contributed by atoms with van der Waals surface area (Å²) in [6.45, 7) is 0.649. The van der Waals surface area contributed by atoms with Crippen LogP contribution in [0.2, 0.25) is 0 Å². The maximum absolute atomic E-state index is 11.8. The van der Waals surface area contributed by atoms with E-state index < -0.39 is 0 Å². The van der Waals surface area contributed by atoms with E-state index in [0.29, 0.717) is 12.3 Å². The summed E-state index contributed by atoms with van der Waals surface area (Å²) in [5, 5.41) is 2.80. The van der Waals surface area contributed by atoms with Gasteiger partial charge in [0.25, 0.3) is 5.91 Å². The lowest BCUT2D eigenvalue weighted by molar-refractivity contribution is -0.139. The second-order valence-electron chi connectivity index (χ2n) is 4.44. The van der Waals surface area contributed by atoms with Crippen LogP contribution in [0.5, 0.6) is 0 Å². The Labute approximate surface area is 111 Å². The molecule has 1 saturated heterocycles. The molecule has 0 aromatic heterocycles. The molecule has 0 bridgehead atoms. The van der Waals surface area contributed by atoms with Gasteiger partial charge in [0.15, 0.2) is 0 Å². The van der Waals surface area contributed by atoms with Crippen molar-refractivity contribution < 1.29 is 19.1 Å². The average molecular weight is 263 g/mol. The Bertz CT molecular complexity index is 449. The van der Waals surface area contributed by atoms with E-state index in [2.05, 4.69) is 10.1 Å². The van der Waals surface area contributed by atoms with E-state index in [4.69, 9.17) is 4.74 Å². The summed E-state index contributed by atoms with van der Waals surface area (Å²) in [6, 6.07) is 7.13. The smallest absolute Gasteiger partial charge is 0.309 e. The van der Waals surface area contributed by atoms with Gasteiger partial charge in [-0.25, -0.2) is 0 Å². The van der Waals surface area contributed by atoms with Gasteiger partial charge in [0.2, 0.25) is 0 Å². The van der Waals surface area contributed by atoms with Crippen molar-refractivity contribution in [3.8, 4) is 0 Å². The molecule has 1 fully saturated rings. The predicted molar refractivity (Wildman–Crippen MR) is 69.8 cm³/mol. The molecule has 102 valence electrons. The number of amides is 1. The van der Waals surface area contributed by atoms with Gasteiger partial charge in [0.1, 0.15) is 6.10 Å². The van der Waals surface area contributed by atoms with Crippen molar-refractivity contribution in [3.05, 3.63) is 29.8 Å². The van der Waals surface area contributed by atoms with E-state index in [1.807, 2.05) is 0 Å². The highest BCUT2D eigenvalue weighted by molar-refractivity contribution is 5.94. The number of carbonyl (C=O) groups excluding carboxylic acids is 2. The van der Waals surface area contributed by atoms with E-state index >= 15 is 0 Å². The van der Waals surface area contributed by atoms with Crippen LogP contribution in [0.15, 0.2) is 24.3 Å². The molecule has 0 saturated carbocycles. The van der Waals surface area contributed by atoms with E-state index in [-0.39, 0.29) is 24.4 Å². The first-order chi connectivity index (χ1) is 9.19. The van der Waals surface area contributed by atoms with Crippen molar-refractivity contribution in [3.63, 3.8) is 0 Å². The highest BCUT2D eigenvalue weighted by atomic mass is 16.5. The molecule has 1 aromatic rings. The molecule has 1 aliphatic heterocycles. The van der Waals surface area contributed by atoms with E-state index in [9.17, 15) is 9.59 Å². The van der Waals surface area contributed by atoms with Crippen molar-refractivity contribution in [2.75, 3.05) is 19.0 Å². The highest BCUT2D eigenvalue weighted by Crippen LogP contribution is 2.16. The molecule has 1 amide bonds. The molecule has 1 N–H and O–H groups in total. The Morgan fingerprint density at radius 1 is 1.37 bits per heavy atom. The van der Waals surface area contributed by atoms with Gasteiger partial charge in [-0.05, 0) is 30.5 Å². The zero-order valence-electron chi connectivity index (χ0n) is 10.8. The number of rotatable bonds is 4. The summed E-state index contributed by atoms with van der Waals surface area (Å²) >= 11 is 0. The van der Waals surface area contributed by atoms with Gasteiger partial charge in [-0.1, -0.05) is 12.1 Å². The van der Waals surface area contributed by atoms with Crippen LogP contribution in [-0.2, 0) is 25.5 Å². The van der Waals surface area contributed by atoms with Gasteiger partial charge in [0.05, 0.1) is 13.5 Å². The fraction of sp³-hybridized carbons (Fsp3) is 0.429. The molecule has 1 aliphatic rings. The molecule has 1 aromatic carbocycles. The van der Waals surface area contributed by atoms with Gasteiger partial charge in [-0.15, -0.1) is 0 Å². The SMILES string of the molecule is COC(=O)Cc1ccc(NC(=O)C2CCCO2)cc1. The normalized spacial score (nSPS) is 18.1. The number of hydrogen-bond donors (Lipinski definition) is 1. The van der Waals surface area contributed by atoms with Gasteiger partial charge >= 0.3 is 5.97 Å². The van der Waals surface area contributed by atoms with Gasteiger partial charge in [-0.3, -0.25) is 9.59 Å². The summed E-state index contributed by atoms with van der Waals surface area (Å²) < 4.78 is 9.90. The van der Waals surface area contributed by atoms with Crippen molar-refractivity contribution in [1.82, 2.24) is 0 Å². The zero-order valence-corrected chi connectivity index (χ0v) is 10.8. The summed E-state index contributed by atoms with van der Waals surface area (Å²) in [7, 11) is 1.36. The fourth-order valence-electron chi connectivity index (χ4n) is 1.95. The minimum Gasteiger partial charge on any atom is -0.469 e. The summed E-state index contributed by atoms with van der Waals surface area (Å²) in [5.41, 5.74) is 1.55. The fourth-order valence-corrected chi connectivity index (χ4v) is 1.95. The third-order valence-corrected chi connectivity index (χ3v) is 3.02. The maximum atomic E-state index is 11.8. The molecular weight excluding hydrogens is 246 g/mol. The lowest BCUT2D eigenvalue weighted by Crippen LogP contribution is -2.26. The first kappa shape index (κ1) is 13.5. The first-order valence-corrected chi connectivity index (χ1v) is 6.27. The quantitative estimate of drug-likeness (QED) is 0.836. The Kier molecular flexibility index (Phi) is 4.52. The lowest BCUT2D eigenvalue weighted by atomic mass is 10.1. The van der Waals surface area contributed by atoms with E-state index in [0.717, 1.165) is 18.4 Å². The lowest BCUT2D eigenvalue weighted by Gasteiger charge is -2.10. The van der Waals surface area contributed by atoms with Crippen molar-refractivity contribution in [2.45, 2.75) is 25.4 Å². The molecule has 0 spiro atoms. The van der Waals surface area contributed by atoms with E-state index in [1.165, 1.54) is 7.11 Å². The number of methoxy groups -OCH3 is 1. The third-order valence-electron chi connectivity index (χ3n) is 3.02. The number of benzene rings is 1. The predicted octanol–water partition coefficient (Wildman–Crippen LogP) is 1.52. The van der Waals surface area contributed by atoms with Crippen LogP contribution >= 0.6 is 0 Å². The standard InChI is InChI=1S/C14H17NO4/c1-18-13(16)9-10-4-6-11(7-5-10)15-14(17)12-3-2-8-19-12/h4-7,12H,2-3,8-9H2,1H3,(H,15,17). The summed E-state index contributed by atoms with van der Waals surface area (Å²) in [4.78, 5) is 22.9. The molecule has 2 rings (SSSR count). The second kappa shape index (κ2) is 6.33. The van der Waals surface area contributed by atoms with Crippen LogP contribution in [-0.4, -0.2) is 31.7 Å². The monoisotopic (exact) mass is 263 g/mol. The van der Waals surface area contributed by atoms with Gasteiger partial charge in [-0.2, -0.15) is 0 Å².